The molecule has 0 unspecified atom stereocenters. The van der Waals surface area contributed by atoms with Crippen LogP contribution in [-0.4, -0.2) is 13.0 Å². The van der Waals surface area contributed by atoms with Gasteiger partial charge in [-0.3, -0.25) is 4.79 Å². The standard InChI is InChI=1S/C19H20F3NO2/c1-13-11-14(9-10-17(13)25-2)5-3-8-18(24)23-16-7-4-6-15(12-16)19(20,21)22/h4,6-7,9-12H,3,5,8H2,1-2H3,(H,23,24). The van der Waals surface area contributed by atoms with Crippen molar-refractivity contribution in [3.05, 3.63) is 59.2 Å². The van der Waals surface area contributed by atoms with Crippen LogP contribution in [0.5, 0.6) is 5.75 Å². The number of rotatable bonds is 6. The van der Waals surface area contributed by atoms with E-state index >= 15 is 0 Å². The molecule has 25 heavy (non-hydrogen) atoms. The molecule has 0 fully saturated rings. The number of methoxy groups -OCH3 is 1. The lowest BCUT2D eigenvalue weighted by Gasteiger charge is -2.10. The van der Waals surface area contributed by atoms with Gasteiger partial charge in [-0.1, -0.05) is 18.2 Å². The Balaban J connectivity index is 1.86. The first kappa shape index (κ1) is 18.8. The van der Waals surface area contributed by atoms with Crippen molar-refractivity contribution in [2.45, 2.75) is 32.4 Å². The van der Waals surface area contributed by atoms with Gasteiger partial charge >= 0.3 is 6.18 Å². The maximum absolute atomic E-state index is 12.7. The van der Waals surface area contributed by atoms with E-state index < -0.39 is 11.7 Å². The van der Waals surface area contributed by atoms with E-state index in [0.29, 0.717) is 12.8 Å². The van der Waals surface area contributed by atoms with E-state index in [0.717, 1.165) is 29.0 Å². The Hall–Kier alpha value is -2.50. The van der Waals surface area contributed by atoms with Gasteiger partial charge in [-0.15, -0.1) is 0 Å². The zero-order valence-corrected chi connectivity index (χ0v) is 14.1. The van der Waals surface area contributed by atoms with E-state index in [1.807, 2.05) is 25.1 Å². The Morgan fingerprint density at radius 2 is 1.92 bits per heavy atom. The maximum Gasteiger partial charge on any atom is 0.416 e. The number of carbonyl (C=O) groups excluding carboxylic acids is 1. The molecule has 2 rings (SSSR count). The Labute approximate surface area is 144 Å². The van der Waals surface area contributed by atoms with Gasteiger partial charge in [-0.05, 0) is 55.2 Å². The molecule has 0 aliphatic rings. The van der Waals surface area contributed by atoms with E-state index in [1.165, 1.54) is 12.1 Å². The predicted octanol–water partition coefficient (Wildman–Crippen LogP) is 4.98. The molecule has 2 aromatic carbocycles. The van der Waals surface area contributed by atoms with Gasteiger partial charge in [0, 0.05) is 12.1 Å². The van der Waals surface area contributed by atoms with Gasteiger partial charge < -0.3 is 10.1 Å². The zero-order chi connectivity index (χ0) is 18.4. The van der Waals surface area contributed by atoms with Crippen molar-refractivity contribution in [1.29, 1.82) is 0 Å². The molecule has 0 radical (unpaired) electrons. The molecule has 0 aliphatic carbocycles. The molecule has 0 spiro atoms. The third-order valence-corrected chi connectivity index (χ3v) is 3.80. The van der Waals surface area contributed by atoms with Crippen LogP contribution in [0.25, 0.3) is 0 Å². The van der Waals surface area contributed by atoms with Crippen LogP contribution < -0.4 is 10.1 Å². The van der Waals surface area contributed by atoms with Gasteiger partial charge in [0.1, 0.15) is 5.75 Å². The summed E-state index contributed by atoms with van der Waals surface area (Å²) in [6, 6.07) is 10.5. The Bertz CT molecular complexity index is 742. The molecule has 1 amide bonds. The highest BCUT2D eigenvalue weighted by molar-refractivity contribution is 5.90. The summed E-state index contributed by atoms with van der Waals surface area (Å²) < 4.78 is 43.2. The van der Waals surface area contributed by atoms with Crippen molar-refractivity contribution in [3.8, 4) is 5.75 Å². The highest BCUT2D eigenvalue weighted by Gasteiger charge is 2.30. The van der Waals surface area contributed by atoms with Crippen molar-refractivity contribution in [1.82, 2.24) is 0 Å². The normalized spacial score (nSPS) is 11.2. The fourth-order valence-corrected chi connectivity index (χ4v) is 2.55. The zero-order valence-electron chi connectivity index (χ0n) is 14.1. The molecule has 6 heteroatoms. The van der Waals surface area contributed by atoms with Crippen molar-refractivity contribution >= 4 is 11.6 Å². The molecule has 2 aromatic rings. The van der Waals surface area contributed by atoms with Crippen LogP contribution in [0.1, 0.15) is 29.5 Å². The average Bonchev–Trinajstić information content (AvgIpc) is 2.54. The number of halogens is 3. The molecule has 0 bridgehead atoms. The molecule has 0 saturated carbocycles. The minimum atomic E-state index is -4.42. The van der Waals surface area contributed by atoms with Crippen LogP contribution in [0, 0.1) is 6.92 Å². The second-order valence-electron chi connectivity index (χ2n) is 5.78. The quantitative estimate of drug-likeness (QED) is 0.797. The predicted molar refractivity (Wildman–Crippen MR) is 90.7 cm³/mol. The molecule has 3 nitrogen and oxygen atoms in total. The first-order valence-electron chi connectivity index (χ1n) is 7.90. The number of hydrogen-bond acceptors (Lipinski definition) is 2. The van der Waals surface area contributed by atoms with Crippen molar-refractivity contribution in [2.24, 2.45) is 0 Å². The van der Waals surface area contributed by atoms with Crippen LogP contribution >= 0.6 is 0 Å². The summed E-state index contributed by atoms with van der Waals surface area (Å²) in [6.45, 7) is 1.95. The molecule has 0 heterocycles. The average molecular weight is 351 g/mol. The second-order valence-corrected chi connectivity index (χ2v) is 5.78. The minimum absolute atomic E-state index is 0.153. The number of alkyl halides is 3. The number of aryl methyl sites for hydroxylation is 2. The lowest BCUT2D eigenvalue weighted by molar-refractivity contribution is -0.137. The van der Waals surface area contributed by atoms with Gasteiger partial charge in [-0.2, -0.15) is 13.2 Å². The van der Waals surface area contributed by atoms with Crippen LogP contribution in [-0.2, 0) is 17.4 Å². The van der Waals surface area contributed by atoms with Gasteiger partial charge in [0.25, 0.3) is 0 Å². The lowest BCUT2D eigenvalue weighted by Crippen LogP contribution is -2.13. The lowest BCUT2D eigenvalue weighted by atomic mass is 10.0. The van der Waals surface area contributed by atoms with E-state index in [4.69, 9.17) is 4.74 Å². The number of ether oxygens (including phenoxy) is 1. The summed E-state index contributed by atoms with van der Waals surface area (Å²) in [6.07, 6.45) is -2.87. The first-order valence-corrected chi connectivity index (χ1v) is 7.90. The molecule has 1 N–H and O–H groups in total. The fraction of sp³-hybridized carbons (Fsp3) is 0.316. The largest absolute Gasteiger partial charge is 0.496 e. The van der Waals surface area contributed by atoms with E-state index in [9.17, 15) is 18.0 Å². The number of hydrogen-bond donors (Lipinski definition) is 1. The van der Waals surface area contributed by atoms with Gasteiger partial charge in [0.2, 0.25) is 5.91 Å². The van der Waals surface area contributed by atoms with Crippen LogP contribution in [0.3, 0.4) is 0 Å². The van der Waals surface area contributed by atoms with Gasteiger partial charge in [-0.25, -0.2) is 0 Å². The third-order valence-electron chi connectivity index (χ3n) is 3.80. The van der Waals surface area contributed by atoms with E-state index in [2.05, 4.69) is 5.32 Å². The third kappa shape index (κ3) is 5.52. The Morgan fingerprint density at radius 3 is 2.56 bits per heavy atom. The Morgan fingerprint density at radius 1 is 1.16 bits per heavy atom. The number of carbonyl (C=O) groups is 1. The molecule has 134 valence electrons. The maximum atomic E-state index is 12.7. The molecule has 0 atom stereocenters. The summed E-state index contributed by atoms with van der Waals surface area (Å²) >= 11 is 0. The summed E-state index contributed by atoms with van der Waals surface area (Å²) in [7, 11) is 1.61. The smallest absolute Gasteiger partial charge is 0.416 e. The van der Waals surface area contributed by atoms with Crippen molar-refractivity contribution in [2.75, 3.05) is 12.4 Å². The Kier molecular flexibility index (Phi) is 6.07. The van der Waals surface area contributed by atoms with Crippen molar-refractivity contribution in [3.63, 3.8) is 0 Å². The van der Waals surface area contributed by atoms with Crippen molar-refractivity contribution < 1.29 is 22.7 Å². The molecule has 0 aliphatic heterocycles. The monoisotopic (exact) mass is 351 g/mol. The second kappa shape index (κ2) is 8.05. The number of amides is 1. The minimum Gasteiger partial charge on any atom is -0.496 e. The highest BCUT2D eigenvalue weighted by atomic mass is 19.4. The summed E-state index contributed by atoms with van der Waals surface area (Å²) in [5, 5.41) is 2.51. The fourth-order valence-electron chi connectivity index (χ4n) is 2.55. The summed E-state index contributed by atoms with van der Waals surface area (Å²) in [5.74, 6) is 0.510. The van der Waals surface area contributed by atoms with E-state index in [-0.39, 0.29) is 18.0 Å². The number of anilines is 1. The van der Waals surface area contributed by atoms with Crippen LogP contribution in [0.4, 0.5) is 18.9 Å². The summed E-state index contributed by atoms with van der Waals surface area (Å²) in [5.41, 5.74) is 1.48. The first-order chi connectivity index (χ1) is 11.8. The molecule has 0 aromatic heterocycles. The highest BCUT2D eigenvalue weighted by Crippen LogP contribution is 2.30. The SMILES string of the molecule is COc1ccc(CCCC(=O)Nc2cccc(C(F)(F)F)c2)cc1C. The summed E-state index contributed by atoms with van der Waals surface area (Å²) in [4.78, 5) is 11.9. The topological polar surface area (TPSA) is 38.3 Å². The van der Waals surface area contributed by atoms with Crippen LogP contribution in [0.2, 0.25) is 0 Å². The molecule has 0 saturated heterocycles. The van der Waals surface area contributed by atoms with Crippen LogP contribution in [0.15, 0.2) is 42.5 Å². The van der Waals surface area contributed by atoms with E-state index in [1.54, 1.807) is 7.11 Å². The number of benzene rings is 2. The molecular formula is C19H20F3NO2. The number of nitrogens with one attached hydrogen (secondary N) is 1. The molecular weight excluding hydrogens is 331 g/mol. The van der Waals surface area contributed by atoms with Gasteiger partial charge in [0.05, 0.1) is 12.7 Å². The van der Waals surface area contributed by atoms with Gasteiger partial charge in [0.15, 0.2) is 0 Å².